The molecule has 1 heterocycles. The fraction of sp³-hybridized carbons (Fsp3) is 0.167. The van der Waals surface area contributed by atoms with E-state index in [1.165, 1.54) is 17.8 Å². The number of thioether (sulfide) groups is 1. The smallest absolute Gasteiger partial charge is 0.234 e. The molecule has 1 N–H and O–H groups in total. The summed E-state index contributed by atoms with van der Waals surface area (Å²) in [5.74, 6) is 0.280. The predicted molar refractivity (Wildman–Crippen MR) is 98.4 cm³/mol. The molecule has 0 aliphatic heterocycles. The third kappa shape index (κ3) is 4.20. The third-order valence-electron chi connectivity index (χ3n) is 3.66. The molecule has 0 saturated carbocycles. The molecule has 0 aliphatic carbocycles. The number of carbonyl (C=O) groups excluding carboxylic acids is 1. The number of hydrogen-bond donors (Lipinski definition) is 1. The van der Waals surface area contributed by atoms with Crippen LogP contribution in [0.1, 0.15) is 5.56 Å². The fourth-order valence-corrected chi connectivity index (χ4v) is 2.97. The fourth-order valence-electron chi connectivity index (χ4n) is 2.24. The molecule has 26 heavy (non-hydrogen) atoms. The molecule has 0 aliphatic rings. The molecule has 0 unspecified atom stereocenters. The van der Waals surface area contributed by atoms with Crippen LogP contribution in [-0.4, -0.2) is 33.5 Å². The molecule has 3 rings (SSSR count). The minimum absolute atomic E-state index is 0.129. The molecule has 1 aromatic heterocycles. The normalized spacial score (nSPS) is 10.6. The van der Waals surface area contributed by atoms with Crippen LogP contribution < -0.4 is 10.1 Å². The Morgan fingerprint density at radius 3 is 2.73 bits per heavy atom. The van der Waals surface area contributed by atoms with E-state index >= 15 is 0 Å². The maximum absolute atomic E-state index is 13.5. The average molecular weight is 372 g/mol. The minimum Gasteiger partial charge on any atom is -0.497 e. The van der Waals surface area contributed by atoms with Gasteiger partial charge in [0.15, 0.2) is 5.16 Å². The number of rotatable bonds is 6. The van der Waals surface area contributed by atoms with Crippen molar-refractivity contribution in [3.63, 3.8) is 0 Å². The summed E-state index contributed by atoms with van der Waals surface area (Å²) >= 11 is 1.25. The number of aromatic nitrogens is 3. The van der Waals surface area contributed by atoms with Gasteiger partial charge in [-0.15, -0.1) is 10.2 Å². The largest absolute Gasteiger partial charge is 0.497 e. The van der Waals surface area contributed by atoms with Gasteiger partial charge in [-0.1, -0.05) is 17.8 Å². The van der Waals surface area contributed by atoms with Gasteiger partial charge in [-0.3, -0.25) is 9.36 Å². The van der Waals surface area contributed by atoms with Crippen molar-refractivity contribution in [2.45, 2.75) is 12.1 Å². The second-order valence-corrected chi connectivity index (χ2v) is 6.42. The molecule has 0 atom stereocenters. The summed E-state index contributed by atoms with van der Waals surface area (Å²) in [4.78, 5) is 12.1. The van der Waals surface area contributed by atoms with Gasteiger partial charge in [-0.25, -0.2) is 4.39 Å². The SMILES string of the molecule is COc1ccc(-n2cnnc2SCC(=O)Nc2ccc(C)c(F)c2)cc1. The van der Waals surface area contributed by atoms with Crippen LogP contribution in [0, 0.1) is 12.7 Å². The van der Waals surface area contributed by atoms with Gasteiger partial charge in [0.2, 0.25) is 5.91 Å². The zero-order valence-corrected chi connectivity index (χ0v) is 15.1. The highest BCUT2D eigenvalue weighted by molar-refractivity contribution is 7.99. The van der Waals surface area contributed by atoms with E-state index in [-0.39, 0.29) is 17.5 Å². The molecule has 0 spiro atoms. The second-order valence-electron chi connectivity index (χ2n) is 5.48. The molecule has 0 fully saturated rings. The predicted octanol–water partition coefficient (Wildman–Crippen LogP) is 3.45. The summed E-state index contributed by atoms with van der Waals surface area (Å²) in [6, 6.07) is 12.0. The number of nitrogens with zero attached hydrogens (tertiary/aromatic N) is 3. The molecule has 134 valence electrons. The van der Waals surface area contributed by atoms with Gasteiger partial charge in [-0.2, -0.15) is 0 Å². The standard InChI is InChI=1S/C18H17FN4O2S/c1-12-3-4-13(9-16(12)19)21-17(24)10-26-18-22-20-11-23(18)14-5-7-15(25-2)8-6-14/h3-9,11H,10H2,1-2H3,(H,21,24). The van der Waals surface area contributed by atoms with Gasteiger partial charge in [0, 0.05) is 11.4 Å². The maximum Gasteiger partial charge on any atom is 0.234 e. The minimum atomic E-state index is -0.352. The quantitative estimate of drug-likeness (QED) is 0.671. The molecular weight excluding hydrogens is 355 g/mol. The zero-order chi connectivity index (χ0) is 18.5. The summed E-state index contributed by atoms with van der Waals surface area (Å²) in [5.41, 5.74) is 1.82. The maximum atomic E-state index is 13.5. The first-order valence-electron chi connectivity index (χ1n) is 7.80. The number of benzene rings is 2. The molecule has 0 bridgehead atoms. The van der Waals surface area contributed by atoms with Gasteiger partial charge < -0.3 is 10.1 Å². The Kier molecular flexibility index (Phi) is 5.52. The number of methoxy groups -OCH3 is 1. The topological polar surface area (TPSA) is 69.0 Å². The Balaban J connectivity index is 1.63. The summed E-state index contributed by atoms with van der Waals surface area (Å²) < 4.78 is 20.5. The highest BCUT2D eigenvalue weighted by atomic mass is 32.2. The van der Waals surface area contributed by atoms with E-state index in [9.17, 15) is 9.18 Å². The van der Waals surface area contributed by atoms with E-state index < -0.39 is 0 Å². The molecular formula is C18H17FN4O2S. The summed E-state index contributed by atoms with van der Waals surface area (Å²) in [6.07, 6.45) is 1.58. The van der Waals surface area contributed by atoms with Gasteiger partial charge in [0.25, 0.3) is 0 Å². The van der Waals surface area contributed by atoms with Crippen molar-refractivity contribution in [2.75, 3.05) is 18.2 Å². The Hall–Kier alpha value is -2.87. The molecule has 8 heteroatoms. The van der Waals surface area contributed by atoms with E-state index in [2.05, 4.69) is 15.5 Å². The van der Waals surface area contributed by atoms with Crippen LogP contribution in [0.3, 0.4) is 0 Å². The van der Waals surface area contributed by atoms with Crippen molar-refractivity contribution in [1.82, 2.24) is 14.8 Å². The molecule has 2 aromatic carbocycles. The average Bonchev–Trinajstić information content (AvgIpc) is 3.12. The lowest BCUT2D eigenvalue weighted by molar-refractivity contribution is -0.113. The molecule has 3 aromatic rings. The van der Waals surface area contributed by atoms with Gasteiger partial charge in [0.1, 0.15) is 17.9 Å². The first-order valence-corrected chi connectivity index (χ1v) is 8.78. The van der Waals surface area contributed by atoms with E-state index in [1.54, 1.807) is 37.1 Å². The van der Waals surface area contributed by atoms with E-state index in [0.717, 1.165) is 11.4 Å². The first-order chi connectivity index (χ1) is 12.6. The van der Waals surface area contributed by atoms with Crippen molar-refractivity contribution in [2.24, 2.45) is 0 Å². The van der Waals surface area contributed by atoms with Crippen LogP contribution in [0.25, 0.3) is 5.69 Å². The Morgan fingerprint density at radius 1 is 1.27 bits per heavy atom. The zero-order valence-electron chi connectivity index (χ0n) is 14.3. The number of aryl methyl sites for hydroxylation is 1. The molecule has 6 nitrogen and oxygen atoms in total. The lowest BCUT2D eigenvalue weighted by atomic mass is 10.2. The van der Waals surface area contributed by atoms with Crippen molar-refractivity contribution >= 4 is 23.4 Å². The highest BCUT2D eigenvalue weighted by Crippen LogP contribution is 2.22. The first kappa shape index (κ1) is 17.9. The third-order valence-corrected chi connectivity index (χ3v) is 4.60. The summed E-state index contributed by atoms with van der Waals surface area (Å²) in [5, 5.41) is 11.2. The number of anilines is 1. The van der Waals surface area contributed by atoms with E-state index in [4.69, 9.17) is 4.74 Å². The van der Waals surface area contributed by atoms with Crippen molar-refractivity contribution in [3.05, 3.63) is 60.2 Å². The Bertz CT molecular complexity index is 912. The van der Waals surface area contributed by atoms with Gasteiger partial charge in [0.05, 0.1) is 12.9 Å². The molecule has 0 radical (unpaired) electrons. The van der Waals surface area contributed by atoms with Crippen LogP contribution in [0.5, 0.6) is 5.75 Å². The van der Waals surface area contributed by atoms with Crippen LogP contribution in [0.15, 0.2) is 53.9 Å². The van der Waals surface area contributed by atoms with Crippen LogP contribution in [0.4, 0.5) is 10.1 Å². The lowest BCUT2D eigenvalue weighted by Gasteiger charge is -2.08. The van der Waals surface area contributed by atoms with Crippen LogP contribution >= 0.6 is 11.8 Å². The molecule has 1 amide bonds. The number of hydrogen-bond acceptors (Lipinski definition) is 5. The number of nitrogens with one attached hydrogen (secondary N) is 1. The highest BCUT2D eigenvalue weighted by Gasteiger charge is 2.11. The number of halogens is 1. The summed E-state index contributed by atoms with van der Waals surface area (Å²) in [7, 11) is 1.60. The monoisotopic (exact) mass is 372 g/mol. The van der Waals surface area contributed by atoms with E-state index in [1.807, 2.05) is 24.3 Å². The number of carbonyl (C=O) groups is 1. The van der Waals surface area contributed by atoms with Crippen LogP contribution in [-0.2, 0) is 4.79 Å². The molecule has 0 saturated heterocycles. The second kappa shape index (κ2) is 8.01. The van der Waals surface area contributed by atoms with E-state index in [0.29, 0.717) is 16.4 Å². The number of ether oxygens (including phenoxy) is 1. The van der Waals surface area contributed by atoms with Crippen molar-refractivity contribution < 1.29 is 13.9 Å². The van der Waals surface area contributed by atoms with Crippen molar-refractivity contribution in [1.29, 1.82) is 0 Å². The number of amides is 1. The van der Waals surface area contributed by atoms with Gasteiger partial charge in [-0.05, 0) is 48.9 Å². The van der Waals surface area contributed by atoms with Crippen LogP contribution in [0.2, 0.25) is 0 Å². The summed E-state index contributed by atoms with van der Waals surface area (Å²) in [6.45, 7) is 1.67. The van der Waals surface area contributed by atoms with Crippen molar-refractivity contribution in [3.8, 4) is 11.4 Å². The Morgan fingerprint density at radius 2 is 2.04 bits per heavy atom. The lowest BCUT2D eigenvalue weighted by Crippen LogP contribution is -2.14. The Labute approximate surface area is 154 Å². The van der Waals surface area contributed by atoms with Gasteiger partial charge >= 0.3 is 0 Å².